The van der Waals surface area contributed by atoms with Crippen LogP contribution >= 0.6 is 0 Å². The standard InChI is InChI=1S/C14H19N5O/c1-9-12-6-11(8-16-14(12)19(2)18-9)17-13(20)7-10-4-3-5-15-10/h6,8,10,15H,3-5,7H2,1-2H3,(H,17,20). The fraction of sp³-hybridized carbons (Fsp3) is 0.500. The molecular weight excluding hydrogens is 254 g/mol. The van der Waals surface area contributed by atoms with E-state index in [0.717, 1.165) is 41.8 Å². The van der Waals surface area contributed by atoms with Gasteiger partial charge in [-0.05, 0) is 32.4 Å². The first-order valence-corrected chi connectivity index (χ1v) is 6.96. The van der Waals surface area contributed by atoms with E-state index in [0.29, 0.717) is 12.5 Å². The Balaban J connectivity index is 1.73. The highest BCUT2D eigenvalue weighted by atomic mass is 16.1. The normalized spacial score (nSPS) is 18.6. The molecule has 2 aromatic rings. The number of rotatable bonds is 3. The third-order valence-electron chi connectivity index (χ3n) is 3.74. The van der Waals surface area contributed by atoms with Gasteiger partial charge in [0.15, 0.2) is 5.65 Å². The maximum Gasteiger partial charge on any atom is 0.225 e. The van der Waals surface area contributed by atoms with E-state index in [4.69, 9.17) is 0 Å². The van der Waals surface area contributed by atoms with Crippen LogP contribution in [0.1, 0.15) is 25.0 Å². The number of aryl methyl sites for hydroxylation is 2. The summed E-state index contributed by atoms with van der Waals surface area (Å²) in [6, 6.07) is 2.25. The molecule has 20 heavy (non-hydrogen) atoms. The van der Waals surface area contributed by atoms with Gasteiger partial charge in [0.1, 0.15) is 0 Å². The van der Waals surface area contributed by atoms with Crippen LogP contribution in [-0.4, -0.2) is 33.3 Å². The lowest BCUT2D eigenvalue weighted by Gasteiger charge is -2.10. The van der Waals surface area contributed by atoms with Crippen molar-refractivity contribution in [3.8, 4) is 0 Å². The Morgan fingerprint density at radius 3 is 3.20 bits per heavy atom. The molecule has 2 N–H and O–H groups in total. The molecule has 1 amide bonds. The fourth-order valence-corrected chi connectivity index (χ4v) is 2.74. The summed E-state index contributed by atoms with van der Waals surface area (Å²) in [5, 5.41) is 11.5. The first kappa shape index (κ1) is 13.1. The van der Waals surface area contributed by atoms with E-state index in [2.05, 4.69) is 20.7 Å². The predicted octanol–water partition coefficient (Wildman–Crippen LogP) is 1.36. The Kier molecular flexibility index (Phi) is 3.40. The summed E-state index contributed by atoms with van der Waals surface area (Å²) in [4.78, 5) is 16.4. The fourth-order valence-electron chi connectivity index (χ4n) is 2.74. The van der Waals surface area contributed by atoms with Gasteiger partial charge in [0.25, 0.3) is 0 Å². The van der Waals surface area contributed by atoms with Gasteiger partial charge in [-0.1, -0.05) is 0 Å². The summed E-state index contributed by atoms with van der Waals surface area (Å²) in [6.07, 6.45) is 4.43. The number of nitrogens with zero attached hydrogens (tertiary/aromatic N) is 3. The second-order valence-electron chi connectivity index (χ2n) is 5.35. The van der Waals surface area contributed by atoms with Crippen LogP contribution in [0.5, 0.6) is 0 Å². The van der Waals surface area contributed by atoms with E-state index < -0.39 is 0 Å². The monoisotopic (exact) mass is 273 g/mol. The van der Waals surface area contributed by atoms with Gasteiger partial charge in [-0.2, -0.15) is 5.10 Å². The molecule has 1 atom stereocenters. The Labute approximate surface area is 117 Å². The van der Waals surface area contributed by atoms with Crippen molar-refractivity contribution in [3.63, 3.8) is 0 Å². The van der Waals surface area contributed by atoms with Crippen molar-refractivity contribution in [2.75, 3.05) is 11.9 Å². The van der Waals surface area contributed by atoms with Crippen LogP contribution < -0.4 is 10.6 Å². The highest BCUT2D eigenvalue weighted by Crippen LogP contribution is 2.19. The number of fused-ring (bicyclic) bond motifs is 1. The van der Waals surface area contributed by atoms with E-state index in [1.54, 1.807) is 10.9 Å². The summed E-state index contributed by atoms with van der Waals surface area (Å²) in [5.41, 5.74) is 2.48. The molecule has 6 heteroatoms. The van der Waals surface area contributed by atoms with Gasteiger partial charge in [0.2, 0.25) is 5.91 Å². The molecular formula is C14H19N5O. The number of hydrogen-bond donors (Lipinski definition) is 2. The molecule has 1 saturated heterocycles. The van der Waals surface area contributed by atoms with E-state index in [9.17, 15) is 4.79 Å². The quantitative estimate of drug-likeness (QED) is 0.885. The van der Waals surface area contributed by atoms with Crippen molar-refractivity contribution in [2.24, 2.45) is 7.05 Å². The number of nitrogens with one attached hydrogen (secondary N) is 2. The molecule has 1 fully saturated rings. The van der Waals surface area contributed by atoms with Gasteiger partial charge in [0.05, 0.1) is 17.6 Å². The van der Waals surface area contributed by atoms with Crippen molar-refractivity contribution in [1.29, 1.82) is 0 Å². The topological polar surface area (TPSA) is 71.8 Å². The molecule has 0 aromatic carbocycles. The average molecular weight is 273 g/mol. The lowest BCUT2D eigenvalue weighted by Crippen LogP contribution is -2.27. The number of anilines is 1. The van der Waals surface area contributed by atoms with E-state index in [1.165, 1.54) is 0 Å². The summed E-state index contributed by atoms with van der Waals surface area (Å²) < 4.78 is 1.75. The van der Waals surface area contributed by atoms with E-state index in [-0.39, 0.29) is 5.91 Å². The first-order valence-electron chi connectivity index (χ1n) is 6.96. The zero-order valence-corrected chi connectivity index (χ0v) is 11.8. The Morgan fingerprint density at radius 2 is 2.45 bits per heavy atom. The van der Waals surface area contributed by atoms with Crippen LogP contribution in [-0.2, 0) is 11.8 Å². The summed E-state index contributed by atoms with van der Waals surface area (Å²) >= 11 is 0. The SMILES string of the molecule is Cc1nn(C)c2ncc(NC(=O)CC3CCCN3)cc12. The number of amides is 1. The number of carbonyl (C=O) groups excluding carboxylic acids is 1. The van der Waals surface area contributed by atoms with E-state index in [1.807, 2.05) is 20.0 Å². The third kappa shape index (κ3) is 2.51. The molecule has 1 aliphatic rings. The zero-order chi connectivity index (χ0) is 14.1. The Morgan fingerprint density at radius 1 is 1.60 bits per heavy atom. The third-order valence-corrected chi connectivity index (χ3v) is 3.74. The summed E-state index contributed by atoms with van der Waals surface area (Å²) in [7, 11) is 1.87. The van der Waals surface area contributed by atoms with Crippen molar-refractivity contribution < 1.29 is 4.79 Å². The van der Waals surface area contributed by atoms with Gasteiger partial charge < -0.3 is 10.6 Å². The summed E-state index contributed by atoms with van der Waals surface area (Å²) in [6.45, 7) is 2.96. The van der Waals surface area contributed by atoms with Crippen LogP contribution in [0.15, 0.2) is 12.3 Å². The Bertz CT molecular complexity index is 642. The molecule has 3 rings (SSSR count). The predicted molar refractivity (Wildman–Crippen MR) is 77.5 cm³/mol. The molecule has 6 nitrogen and oxygen atoms in total. The lowest BCUT2D eigenvalue weighted by molar-refractivity contribution is -0.116. The van der Waals surface area contributed by atoms with Crippen molar-refractivity contribution >= 4 is 22.6 Å². The van der Waals surface area contributed by atoms with Crippen LogP contribution in [0.2, 0.25) is 0 Å². The molecule has 0 bridgehead atoms. The molecule has 0 spiro atoms. The van der Waals surface area contributed by atoms with Gasteiger partial charge >= 0.3 is 0 Å². The van der Waals surface area contributed by atoms with Crippen molar-refractivity contribution in [3.05, 3.63) is 18.0 Å². The van der Waals surface area contributed by atoms with Gasteiger partial charge in [-0.15, -0.1) is 0 Å². The first-order chi connectivity index (χ1) is 9.63. The van der Waals surface area contributed by atoms with Crippen molar-refractivity contribution in [2.45, 2.75) is 32.2 Å². The second kappa shape index (κ2) is 5.20. The highest BCUT2D eigenvalue weighted by Gasteiger charge is 2.18. The molecule has 0 aliphatic carbocycles. The van der Waals surface area contributed by atoms with Crippen LogP contribution in [0.4, 0.5) is 5.69 Å². The zero-order valence-electron chi connectivity index (χ0n) is 11.8. The lowest BCUT2D eigenvalue weighted by atomic mass is 10.1. The maximum absolute atomic E-state index is 12.0. The van der Waals surface area contributed by atoms with Crippen LogP contribution in [0.25, 0.3) is 11.0 Å². The molecule has 0 radical (unpaired) electrons. The average Bonchev–Trinajstić information content (AvgIpc) is 2.99. The molecule has 3 heterocycles. The number of carbonyl (C=O) groups is 1. The molecule has 0 saturated carbocycles. The van der Waals surface area contributed by atoms with Crippen LogP contribution in [0.3, 0.4) is 0 Å². The number of pyridine rings is 1. The molecule has 2 aromatic heterocycles. The largest absolute Gasteiger partial charge is 0.325 e. The number of hydrogen-bond acceptors (Lipinski definition) is 4. The minimum absolute atomic E-state index is 0.0343. The van der Waals surface area contributed by atoms with E-state index >= 15 is 0 Å². The van der Waals surface area contributed by atoms with Crippen molar-refractivity contribution in [1.82, 2.24) is 20.1 Å². The van der Waals surface area contributed by atoms with Crippen LogP contribution in [0, 0.1) is 6.92 Å². The summed E-state index contributed by atoms with van der Waals surface area (Å²) in [5.74, 6) is 0.0343. The molecule has 1 unspecified atom stereocenters. The molecule has 1 aliphatic heterocycles. The van der Waals surface area contributed by atoms with Gasteiger partial charge in [-0.3, -0.25) is 9.48 Å². The minimum atomic E-state index is 0.0343. The Hall–Kier alpha value is -1.95. The van der Waals surface area contributed by atoms with Gasteiger partial charge in [0, 0.05) is 24.9 Å². The second-order valence-corrected chi connectivity index (χ2v) is 5.35. The molecule has 106 valence electrons. The highest BCUT2D eigenvalue weighted by molar-refractivity contribution is 5.93. The smallest absolute Gasteiger partial charge is 0.225 e. The maximum atomic E-state index is 12.0. The number of aromatic nitrogens is 3. The minimum Gasteiger partial charge on any atom is -0.325 e. The van der Waals surface area contributed by atoms with Gasteiger partial charge in [-0.25, -0.2) is 4.98 Å².